The third kappa shape index (κ3) is 3.79. The molecule has 1 fully saturated rings. The van der Waals surface area contributed by atoms with E-state index in [1.165, 1.54) is 12.3 Å². The number of rotatable bonds is 4. The van der Waals surface area contributed by atoms with Crippen molar-refractivity contribution in [2.75, 3.05) is 6.26 Å². The fraction of sp³-hybridized carbons (Fsp3) is 0.600. The summed E-state index contributed by atoms with van der Waals surface area (Å²) in [5.41, 5.74) is 0.487. The first-order valence-corrected chi connectivity index (χ1v) is 8.93. The SMILES string of the molecule is CS(=O)(=O)C1CCCC(C(O)Cc2ccccc2F)C1. The van der Waals surface area contributed by atoms with Crippen LogP contribution in [0.25, 0.3) is 0 Å². The number of aliphatic hydroxyl groups excluding tert-OH is 1. The molecular weight excluding hydrogens is 279 g/mol. The molecule has 0 aliphatic heterocycles. The Morgan fingerprint density at radius 2 is 2.05 bits per heavy atom. The molecule has 0 heterocycles. The van der Waals surface area contributed by atoms with Crippen molar-refractivity contribution in [1.29, 1.82) is 0 Å². The van der Waals surface area contributed by atoms with Crippen molar-refractivity contribution in [3.63, 3.8) is 0 Å². The molecule has 2 rings (SSSR count). The molecule has 3 nitrogen and oxygen atoms in total. The van der Waals surface area contributed by atoms with Crippen molar-refractivity contribution >= 4 is 9.84 Å². The van der Waals surface area contributed by atoms with Crippen molar-refractivity contribution < 1.29 is 17.9 Å². The molecule has 3 atom stereocenters. The Morgan fingerprint density at radius 3 is 2.70 bits per heavy atom. The zero-order valence-corrected chi connectivity index (χ0v) is 12.4. The van der Waals surface area contributed by atoms with Gasteiger partial charge in [0.1, 0.15) is 15.7 Å². The normalized spacial score (nSPS) is 25.4. The molecule has 0 bridgehead atoms. The number of aliphatic hydroxyl groups is 1. The fourth-order valence-corrected chi connectivity index (χ4v) is 4.17. The molecule has 1 aliphatic rings. The van der Waals surface area contributed by atoms with Gasteiger partial charge in [0.25, 0.3) is 0 Å². The van der Waals surface area contributed by atoms with Gasteiger partial charge in [-0.25, -0.2) is 12.8 Å². The summed E-state index contributed by atoms with van der Waals surface area (Å²) >= 11 is 0. The van der Waals surface area contributed by atoms with E-state index in [0.29, 0.717) is 18.4 Å². The summed E-state index contributed by atoms with van der Waals surface area (Å²) in [5, 5.41) is 9.91. The van der Waals surface area contributed by atoms with E-state index >= 15 is 0 Å². The minimum Gasteiger partial charge on any atom is -0.392 e. The van der Waals surface area contributed by atoms with E-state index in [9.17, 15) is 17.9 Å². The van der Waals surface area contributed by atoms with Crippen molar-refractivity contribution in [2.24, 2.45) is 5.92 Å². The topological polar surface area (TPSA) is 54.4 Å². The highest BCUT2D eigenvalue weighted by atomic mass is 32.2. The van der Waals surface area contributed by atoms with Crippen molar-refractivity contribution in [3.8, 4) is 0 Å². The van der Waals surface area contributed by atoms with Crippen LogP contribution in [0.3, 0.4) is 0 Å². The van der Waals surface area contributed by atoms with Crippen LogP contribution in [0.15, 0.2) is 24.3 Å². The van der Waals surface area contributed by atoms with Crippen LogP contribution in [0.1, 0.15) is 31.2 Å². The van der Waals surface area contributed by atoms with Crippen LogP contribution < -0.4 is 0 Å². The largest absolute Gasteiger partial charge is 0.392 e. The average molecular weight is 300 g/mol. The predicted molar refractivity (Wildman–Crippen MR) is 76.7 cm³/mol. The van der Waals surface area contributed by atoms with Gasteiger partial charge in [0, 0.05) is 12.7 Å². The van der Waals surface area contributed by atoms with Crippen LogP contribution in [0, 0.1) is 11.7 Å². The quantitative estimate of drug-likeness (QED) is 0.928. The Bertz CT molecular complexity index is 556. The number of benzene rings is 1. The Hall–Kier alpha value is -0.940. The lowest BCUT2D eigenvalue weighted by molar-refractivity contribution is 0.0852. The van der Waals surface area contributed by atoms with E-state index in [1.54, 1.807) is 18.2 Å². The van der Waals surface area contributed by atoms with Crippen LogP contribution in [0.5, 0.6) is 0 Å². The first-order chi connectivity index (χ1) is 9.38. The standard InChI is InChI=1S/C15H21FO3S/c1-20(18,19)13-7-4-6-12(9-13)15(17)10-11-5-2-3-8-14(11)16/h2-3,5,8,12-13,15,17H,4,6-7,9-10H2,1H3. The molecule has 1 aliphatic carbocycles. The first kappa shape index (κ1) is 15.4. The zero-order valence-electron chi connectivity index (χ0n) is 11.6. The Balaban J connectivity index is 2.02. The lowest BCUT2D eigenvalue weighted by atomic mass is 9.83. The summed E-state index contributed by atoms with van der Waals surface area (Å²) in [6, 6.07) is 6.40. The second-order valence-electron chi connectivity index (χ2n) is 5.74. The smallest absolute Gasteiger partial charge is 0.150 e. The first-order valence-electron chi connectivity index (χ1n) is 6.98. The van der Waals surface area contributed by atoms with Crippen LogP contribution in [-0.2, 0) is 16.3 Å². The zero-order chi connectivity index (χ0) is 14.8. The summed E-state index contributed by atoms with van der Waals surface area (Å²) < 4.78 is 36.8. The second-order valence-corrected chi connectivity index (χ2v) is 8.07. The number of hydrogen-bond acceptors (Lipinski definition) is 3. The average Bonchev–Trinajstić information content (AvgIpc) is 2.40. The van der Waals surface area contributed by atoms with E-state index in [2.05, 4.69) is 0 Å². The highest BCUT2D eigenvalue weighted by molar-refractivity contribution is 7.91. The van der Waals surface area contributed by atoms with Crippen LogP contribution in [0.2, 0.25) is 0 Å². The van der Waals surface area contributed by atoms with Gasteiger partial charge >= 0.3 is 0 Å². The molecule has 0 saturated heterocycles. The maximum atomic E-state index is 13.6. The van der Waals surface area contributed by atoms with Gasteiger partial charge in [-0.05, 0) is 36.8 Å². The molecule has 1 aromatic carbocycles. The maximum absolute atomic E-state index is 13.6. The lowest BCUT2D eigenvalue weighted by Crippen LogP contribution is -2.34. The number of sulfone groups is 1. The van der Waals surface area contributed by atoms with Gasteiger partial charge in [0.15, 0.2) is 0 Å². The second kappa shape index (κ2) is 6.22. The van der Waals surface area contributed by atoms with Gasteiger partial charge in [0.2, 0.25) is 0 Å². The van der Waals surface area contributed by atoms with E-state index < -0.39 is 15.9 Å². The molecular formula is C15H21FO3S. The minimum atomic E-state index is -3.06. The van der Waals surface area contributed by atoms with Crippen molar-refractivity contribution in [3.05, 3.63) is 35.6 Å². The Morgan fingerprint density at radius 1 is 1.35 bits per heavy atom. The molecule has 1 aromatic rings. The molecule has 3 unspecified atom stereocenters. The van der Waals surface area contributed by atoms with Crippen LogP contribution in [-0.4, -0.2) is 31.1 Å². The number of hydrogen-bond donors (Lipinski definition) is 1. The Kier molecular flexibility index (Phi) is 4.81. The molecule has 0 aromatic heterocycles. The summed E-state index contributed by atoms with van der Waals surface area (Å²) in [4.78, 5) is 0. The van der Waals surface area contributed by atoms with Gasteiger partial charge in [0.05, 0.1) is 11.4 Å². The Labute approximate surface area is 119 Å². The third-order valence-corrected chi connectivity index (χ3v) is 5.84. The maximum Gasteiger partial charge on any atom is 0.150 e. The highest BCUT2D eigenvalue weighted by Gasteiger charge is 2.32. The monoisotopic (exact) mass is 300 g/mol. The molecule has 20 heavy (non-hydrogen) atoms. The summed E-state index contributed by atoms with van der Waals surface area (Å²) in [7, 11) is -3.06. The molecule has 112 valence electrons. The van der Waals surface area contributed by atoms with Gasteiger partial charge in [-0.2, -0.15) is 0 Å². The minimum absolute atomic E-state index is 0.0666. The summed E-state index contributed by atoms with van der Waals surface area (Å²) in [6.07, 6.45) is 3.57. The van der Waals surface area contributed by atoms with Gasteiger partial charge in [-0.1, -0.05) is 24.6 Å². The summed E-state index contributed by atoms with van der Waals surface area (Å²) in [5.74, 6) is -0.384. The third-order valence-electron chi connectivity index (χ3n) is 4.20. The molecule has 1 N–H and O–H groups in total. The van der Waals surface area contributed by atoms with Gasteiger partial charge in [-0.3, -0.25) is 0 Å². The molecule has 1 saturated carbocycles. The number of halogens is 1. The van der Waals surface area contributed by atoms with Gasteiger partial charge < -0.3 is 5.11 Å². The van der Waals surface area contributed by atoms with Crippen molar-refractivity contribution in [2.45, 2.75) is 43.5 Å². The lowest BCUT2D eigenvalue weighted by Gasteiger charge is -2.31. The van der Waals surface area contributed by atoms with E-state index in [0.717, 1.165) is 12.8 Å². The fourth-order valence-electron chi connectivity index (χ4n) is 2.98. The van der Waals surface area contributed by atoms with E-state index in [1.807, 2.05) is 0 Å². The highest BCUT2D eigenvalue weighted by Crippen LogP contribution is 2.31. The van der Waals surface area contributed by atoms with Crippen molar-refractivity contribution in [1.82, 2.24) is 0 Å². The molecule has 0 amide bonds. The molecule has 0 radical (unpaired) electrons. The van der Waals surface area contributed by atoms with Gasteiger partial charge in [-0.15, -0.1) is 0 Å². The molecule has 0 spiro atoms. The molecule has 5 heteroatoms. The predicted octanol–water partition coefficient (Wildman–Crippen LogP) is 2.33. The summed E-state index contributed by atoms with van der Waals surface area (Å²) in [6.45, 7) is 0. The van der Waals surface area contributed by atoms with E-state index in [-0.39, 0.29) is 23.4 Å². The van der Waals surface area contributed by atoms with Crippen LogP contribution in [0.4, 0.5) is 4.39 Å². The van der Waals surface area contributed by atoms with E-state index in [4.69, 9.17) is 0 Å². The van der Waals surface area contributed by atoms with Crippen LogP contribution >= 0.6 is 0 Å².